The van der Waals surface area contributed by atoms with Gasteiger partial charge in [-0.15, -0.1) is 0 Å². The molecular formula is C19H17ClN2O2. The van der Waals surface area contributed by atoms with Crippen molar-refractivity contribution in [3.05, 3.63) is 71.7 Å². The molecule has 0 aliphatic rings. The first kappa shape index (κ1) is 16.3. The summed E-state index contributed by atoms with van der Waals surface area (Å²) in [6, 6.07) is 16.9. The first-order valence-corrected chi connectivity index (χ1v) is 8.03. The average molecular weight is 341 g/mol. The van der Waals surface area contributed by atoms with Gasteiger partial charge in [0.15, 0.2) is 11.7 Å². The Balaban J connectivity index is 1.61. The van der Waals surface area contributed by atoms with Crippen molar-refractivity contribution in [2.45, 2.75) is 12.8 Å². The van der Waals surface area contributed by atoms with Crippen molar-refractivity contribution < 1.29 is 9.21 Å². The molecule has 0 aliphatic heterocycles. The summed E-state index contributed by atoms with van der Waals surface area (Å²) in [5, 5.41) is 0.674. The highest BCUT2D eigenvalue weighted by Gasteiger charge is 2.13. The van der Waals surface area contributed by atoms with Gasteiger partial charge in [0.2, 0.25) is 5.91 Å². The molecule has 4 nitrogen and oxygen atoms in total. The molecule has 122 valence electrons. The number of carbonyl (C=O) groups excluding carboxylic acids is 1. The van der Waals surface area contributed by atoms with Gasteiger partial charge in [-0.3, -0.25) is 4.79 Å². The number of hydrogen-bond acceptors (Lipinski definition) is 3. The number of oxazole rings is 1. The van der Waals surface area contributed by atoms with Gasteiger partial charge < -0.3 is 9.32 Å². The molecule has 1 aromatic heterocycles. The molecule has 0 spiro atoms. The predicted molar refractivity (Wildman–Crippen MR) is 95.1 cm³/mol. The molecule has 0 atom stereocenters. The van der Waals surface area contributed by atoms with Crippen molar-refractivity contribution >= 4 is 23.2 Å². The van der Waals surface area contributed by atoms with Gasteiger partial charge >= 0.3 is 0 Å². The van der Waals surface area contributed by atoms with Gasteiger partial charge in [-0.1, -0.05) is 29.8 Å². The molecule has 0 fully saturated rings. The van der Waals surface area contributed by atoms with Crippen LogP contribution in [0.25, 0.3) is 11.3 Å². The molecule has 2 aromatic carbocycles. The second-order valence-electron chi connectivity index (χ2n) is 5.41. The van der Waals surface area contributed by atoms with Crippen LogP contribution in [-0.4, -0.2) is 17.9 Å². The van der Waals surface area contributed by atoms with Gasteiger partial charge in [-0.05, 0) is 36.4 Å². The Bertz CT molecular complexity index is 813. The zero-order valence-corrected chi connectivity index (χ0v) is 14.0. The summed E-state index contributed by atoms with van der Waals surface area (Å²) in [5.74, 6) is 1.24. The molecule has 1 heterocycles. The monoisotopic (exact) mass is 340 g/mol. The molecule has 0 N–H and O–H groups in total. The van der Waals surface area contributed by atoms with Crippen molar-refractivity contribution in [1.82, 2.24) is 4.98 Å². The summed E-state index contributed by atoms with van der Waals surface area (Å²) >= 11 is 5.88. The number of rotatable bonds is 5. The van der Waals surface area contributed by atoms with Crippen molar-refractivity contribution in [2.24, 2.45) is 0 Å². The van der Waals surface area contributed by atoms with E-state index in [4.69, 9.17) is 16.0 Å². The number of hydrogen-bond donors (Lipinski definition) is 0. The second kappa shape index (κ2) is 7.32. The smallest absolute Gasteiger partial charge is 0.227 e. The highest BCUT2D eigenvalue weighted by Crippen LogP contribution is 2.23. The van der Waals surface area contributed by atoms with E-state index >= 15 is 0 Å². The first-order valence-electron chi connectivity index (χ1n) is 7.66. The maximum Gasteiger partial charge on any atom is 0.227 e. The molecular weight excluding hydrogens is 324 g/mol. The molecule has 0 bridgehead atoms. The fourth-order valence-corrected chi connectivity index (χ4v) is 2.48. The summed E-state index contributed by atoms with van der Waals surface area (Å²) in [5.41, 5.74) is 1.78. The number of amides is 1. The van der Waals surface area contributed by atoms with Crippen LogP contribution in [0.1, 0.15) is 12.3 Å². The van der Waals surface area contributed by atoms with Gasteiger partial charge in [-0.25, -0.2) is 4.98 Å². The largest absolute Gasteiger partial charge is 0.441 e. The van der Waals surface area contributed by atoms with Crippen molar-refractivity contribution in [3.8, 4) is 11.3 Å². The third-order valence-corrected chi connectivity index (χ3v) is 4.00. The van der Waals surface area contributed by atoms with Gasteiger partial charge in [-0.2, -0.15) is 0 Å². The Hall–Kier alpha value is -2.59. The van der Waals surface area contributed by atoms with Gasteiger partial charge in [0.25, 0.3) is 0 Å². The van der Waals surface area contributed by atoms with Crippen molar-refractivity contribution in [1.29, 1.82) is 0 Å². The van der Waals surface area contributed by atoms with Crippen LogP contribution in [0.15, 0.2) is 65.2 Å². The lowest BCUT2D eigenvalue weighted by molar-refractivity contribution is -0.118. The summed E-state index contributed by atoms with van der Waals surface area (Å²) in [4.78, 5) is 18.2. The number of aromatic nitrogens is 1. The molecule has 0 aliphatic carbocycles. The molecule has 3 aromatic rings. The predicted octanol–water partition coefficient (Wildman–Crippen LogP) is 4.59. The van der Waals surface area contributed by atoms with Crippen LogP contribution in [0.3, 0.4) is 0 Å². The zero-order chi connectivity index (χ0) is 16.9. The van der Waals surface area contributed by atoms with Crippen LogP contribution in [0.4, 0.5) is 5.69 Å². The standard InChI is InChI=1S/C19H17ClN2O2/c1-22(16-5-3-2-4-6-16)19(23)12-11-18-21-13-17(24-18)14-7-9-15(20)10-8-14/h2-10,13H,11-12H2,1H3. The van der Waals surface area contributed by atoms with Crippen LogP contribution in [0.5, 0.6) is 0 Å². The minimum Gasteiger partial charge on any atom is -0.441 e. The zero-order valence-electron chi connectivity index (χ0n) is 13.3. The number of carbonyl (C=O) groups is 1. The molecule has 0 saturated heterocycles. The van der Waals surface area contributed by atoms with Crippen molar-refractivity contribution in [2.75, 3.05) is 11.9 Å². The Kier molecular flexibility index (Phi) is 4.96. The van der Waals surface area contributed by atoms with Crippen LogP contribution in [0, 0.1) is 0 Å². The normalized spacial score (nSPS) is 10.6. The Morgan fingerprint density at radius 1 is 1.12 bits per heavy atom. The summed E-state index contributed by atoms with van der Waals surface area (Å²) in [7, 11) is 1.77. The van der Waals surface area contributed by atoms with E-state index in [0.717, 1.165) is 11.3 Å². The van der Waals surface area contributed by atoms with E-state index in [9.17, 15) is 4.79 Å². The number of para-hydroxylation sites is 1. The van der Waals surface area contributed by atoms with E-state index in [2.05, 4.69) is 4.98 Å². The van der Waals surface area contributed by atoms with E-state index in [0.29, 0.717) is 29.5 Å². The van der Waals surface area contributed by atoms with Crippen LogP contribution < -0.4 is 4.90 Å². The SMILES string of the molecule is CN(C(=O)CCc1ncc(-c2ccc(Cl)cc2)o1)c1ccccc1. The minimum absolute atomic E-state index is 0.0208. The Morgan fingerprint density at radius 2 is 1.83 bits per heavy atom. The summed E-state index contributed by atoms with van der Waals surface area (Å²) in [6.45, 7) is 0. The number of benzene rings is 2. The molecule has 24 heavy (non-hydrogen) atoms. The number of anilines is 1. The lowest BCUT2D eigenvalue weighted by atomic mass is 10.2. The molecule has 0 unspecified atom stereocenters. The van der Waals surface area contributed by atoms with Gasteiger partial charge in [0.1, 0.15) is 0 Å². The lowest BCUT2D eigenvalue weighted by Gasteiger charge is -2.16. The molecule has 0 saturated carbocycles. The topological polar surface area (TPSA) is 46.3 Å². The fourth-order valence-electron chi connectivity index (χ4n) is 2.35. The van der Waals surface area contributed by atoms with Crippen LogP contribution >= 0.6 is 11.6 Å². The summed E-state index contributed by atoms with van der Waals surface area (Å²) in [6.07, 6.45) is 2.47. The van der Waals surface area contributed by atoms with Gasteiger partial charge in [0, 0.05) is 36.2 Å². The van der Waals surface area contributed by atoms with Gasteiger partial charge in [0.05, 0.1) is 6.20 Å². The Labute approximate surface area is 145 Å². The van der Waals surface area contributed by atoms with Crippen LogP contribution in [0.2, 0.25) is 5.02 Å². The first-order chi connectivity index (χ1) is 11.6. The highest BCUT2D eigenvalue weighted by atomic mass is 35.5. The molecule has 0 radical (unpaired) electrons. The van der Waals surface area contributed by atoms with E-state index in [-0.39, 0.29) is 5.91 Å². The van der Waals surface area contributed by atoms with E-state index in [1.54, 1.807) is 30.3 Å². The third-order valence-electron chi connectivity index (χ3n) is 3.75. The maximum absolute atomic E-state index is 12.3. The Morgan fingerprint density at radius 3 is 2.54 bits per heavy atom. The third kappa shape index (κ3) is 3.84. The second-order valence-corrected chi connectivity index (χ2v) is 5.85. The van der Waals surface area contributed by atoms with Crippen LogP contribution in [-0.2, 0) is 11.2 Å². The average Bonchev–Trinajstić information content (AvgIpc) is 3.09. The summed E-state index contributed by atoms with van der Waals surface area (Å²) < 4.78 is 5.72. The molecule has 1 amide bonds. The molecule has 5 heteroatoms. The van der Waals surface area contributed by atoms with E-state index in [1.807, 2.05) is 42.5 Å². The highest BCUT2D eigenvalue weighted by molar-refractivity contribution is 6.30. The molecule has 3 rings (SSSR count). The lowest BCUT2D eigenvalue weighted by Crippen LogP contribution is -2.26. The number of nitrogens with zero attached hydrogens (tertiary/aromatic N) is 2. The maximum atomic E-state index is 12.3. The van der Waals surface area contributed by atoms with E-state index < -0.39 is 0 Å². The quantitative estimate of drug-likeness (QED) is 0.682. The fraction of sp³-hybridized carbons (Fsp3) is 0.158. The van der Waals surface area contributed by atoms with E-state index in [1.165, 1.54) is 0 Å². The number of halogens is 1. The minimum atomic E-state index is 0.0208. The number of aryl methyl sites for hydroxylation is 1. The van der Waals surface area contributed by atoms with Crippen molar-refractivity contribution in [3.63, 3.8) is 0 Å².